The van der Waals surface area contributed by atoms with Crippen LogP contribution < -0.4 is 0 Å². The first-order chi connectivity index (χ1) is 25.4. The van der Waals surface area contributed by atoms with Gasteiger partial charge in [-0.05, 0) is 60.9 Å². The summed E-state index contributed by atoms with van der Waals surface area (Å²) in [7, 11) is 0. The number of nitrogens with zero attached hydrogens (tertiary/aromatic N) is 7. The number of amides is 1. The van der Waals surface area contributed by atoms with E-state index in [0.717, 1.165) is 16.8 Å². The van der Waals surface area contributed by atoms with E-state index in [4.69, 9.17) is 10.1 Å². The van der Waals surface area contributed by atoms with E-state index in [-0.39, 0.29) is 28.5 Å². The van der Waals surface area contributed by atoms with Crippen LogP contribution in [0.3, 0.4) is 0 Å². The van der Waals surface area contributed by atoms with Gasteiger partial charge in [-0.2, -0.15) is 21.0 Å². The van der Waals surface area contributed by atoms with Crippen LogP contribution in [0.15, 0.2) is 141 Å². The molecule has 4 rings (SSSR count). The third kappa shape index (κ3) is 9.06. The Hall–Kier alpha value is -7.23. The van der Waals surface area contributed by atoms with E-state index < -0.39 is 0 Å². The molecule has 10 nitrogen and oxygen atoms in total. The van der Waals surface area contributed by atoms with Gasteiger partial charge in [0, 0.05) is 48.9 Å². The number of benzene rings is 2. The molecular formula is C42H36N8O2. The Labute approximate surface area is 304 Å². The fourth-order valence-corrected chi connectivity index (χ4v) is 6.03. The summed E-state index contributed by atoms with van der Waals surface area (Å²) in [6, 6.07) is 26.3. The predicted octanol–water partition coefficient (Wildman–Crippen LogP) is 7.61. The molecule has 0 radical (unpaired) electrons. The summed E-state index contributed by atoms with van der Waals surface area (Å²) >= 11 is 0. The van der Waals surface area contributed by atoms with Gasteiger partial charge in [0.05, 0.1) is 29.9 Å². The molecular weight excluding hydrogens is 649 g/mol. The van der Waals surface area contributed by atoms with E-state index in [1.54, 1.807) is 60.4 Å². The molecule has 1 aliphatic heterocycles. The van der Waals surface area contributed by atoms with E-state index in [1.807, 2.05) is 60.7 Å². The molecule has 0 atom stereocenters. The fraction of sp³-hybridized carbons (Fsp3) is 0.190. The van der Waals surface area contributed by atoms with Crippen molar-refractivity contribution < 1.29 is 9.53 Å². The van der Waals surface area contributed by atoms with Crippen LogP contribution in [-0.4, -0.2) is 61.3 Å². The molecule has 0 spiro atoms. The zero-order chi connectivity index (χ0) is 37.3. The van der Waals surface area contributed by atoms with Gasteiger partial charge in [0.2, 0.25) is 0 Å². The summed E-state index contributed by atoms with van der Waals surface area (Å²) in [6.45, 7) is 7.74. The minimum atomic E-state index is -0.343. The quantitative estimate of drug-likeness (QED) is 0.145. The number of hydrogen-bond donors (Lipinski definition) is 1. The summed E-state index contributed by atoms with van der Waals surface area (Å²) < 4.78 is 5.21. The van der Waals surface area contributed by atoms with Gasteiger partial charge in [0.25, 0.3) is 0 Å². The van der Waals surface area contributed by atoms with Crippen LogP contribution in [0.4, 0.5) is 4.79 Å². The lowest BCUT2D eigenvalue weighted by Gasteiger charge is -2.37. The van der Waals surface area contributed by atoms with E-state index in [2.05, 4.69) is 34.6 Å². The maximum Gasteiger partial charge on any atom is 0.409 e. The molecule has 0 aromatic heterocycles. The van der Waals surface area contributed by atoms with Crippen LogP contribution in [0, 0.1) is 50.7 Å². The van der Waals surface area contributed by atoms with Crippen molar-refractivity contribution in [3.63, 3.8) is 0 Å². The Morgan fingerprint density at radius 2 is 1.52 bits per heavy atom. The maximum absolute atomic E-state index is 12.4. The molecule has 0 saturated carbocycles. The lowest BCUT2D eigenvalue weighted by atomic mass is 9.94. The van der Waals surface area contributed by atoms with Gasteiger partial charge in [0.15, 0.2) is 0 Å². The summed E-state index contributed by atoms with van der Waals surface area (Å²) in [4.78, 5) is 20.3. The molecule has 1 heterocycles. The van der Waals surface area contributed by atoms with Crippen molar-refractivity contribution in [1.82, 2.24) is 9.80 Å². The minimum Gasteiger partial charge on any atom is -0.450 e. The Morgan fingerprint density at radius 1 is 0.885 bits per heavy atom. The van der Waals surface area contributed by atoms with Gasteiger partial charge < -0.3 is 14.5 Å². The van der Waals surface area contributed by atoms with Crippen LogP contribution >= 0.6 is 0 Å². The van der Waals surface area contributed by atoms with Crippen LogP contribution in [0.25, 0.3) is 11.1 Å². The molecule has 0 bridgehead atoms. The third-order valence-electron chi connectivity index (χ3n) is 8.41. The molecule has 1 aliphatic carbocycles. The predicted molar refractivity (Wildman–Crippen MR) is 201 cm³/mol. The molecule has 10 heteroatoms. The van der Waals surface area contributed by atoms with Gasteiger partial charge in [-0.1, -0.05) is 85.0 Å². The molecule has 1 amide bonds. The number of allylic oxidation sites excluding steroid dienone is 13. The number of carbonyl (C=O) groups is 1. The number of rotatable bonds is 11. The van der Waals surface area contributed by atoms with Crippen molar-refractivity contribution >= 4 is 29.8 Å². The smallest absolute Gasteiger partial charge is 0.409 e. The molecule has 2 aromatic rings. The Morgan fingerprint density at radius 3 is 2.06 bits per heavy atom. The molecule has 256 valence electrons. The summed E-state index contributed by atoms with van der Waals surface area (Å²) in [5.74, 6) is 2.29. The highest BCUT2D eigenvalue weighted by Gasteiger charge is 2.28. The summed E-state index contributed by atoms with van der Waals surface area (Å²) in [6.07, 6.45) is 11.8. The fourth-order valence-electron chi connectivity index (χ4n) is 6.03. The topological polar surface area (TPSA) is 164 Å². The number of nitriles is 4. The van der Waals surface area contributed by atoms with Crippen molar-refractivity contribution in [3.05, 3.63) is 148 Å². The largest absolute Gasteiger partial charge is 0.450 e. The van der Waals surface area contributed by atoms with Crippen molar-refractivity contribution in [3.8, 4) is 24.3 Å². The van der Waals surface area contributed by atoms with E-state index in [0.29, 0.717) is 67.9 Å². The van der Waals surface area contributed by atoms with Gasteiger partial charge in [-0.15, -0.1) is 0 Å². The summed E-state index contributed by atoms with van der Waals surface area (Å²) in [5.41, 5.74) is 5.51. The second-order valence-electron chi connectivity index (χ2n) is 11.4. The Balaban J connectivity index is 1.77. The maximum atomic E-state index is 12.4. The highest BCUT2D eigenvalue weighted by atomic mass is 16.6. The SMILES string of the molecule is C=NC(=C=N)/C(=C(C#N)/C=C/C=C1\CCC(/C=C/C=C(\C#N)C(=C(C#N)C#N)c2ccccc2)=C1N1CCN(C(=O)OCC)CC1)c1ccccc1. The average molecular weight is 685 g/mol. The number of hydrogen-bond acceptors (Lipinski definition) is 9. The van der Waals surface area contributed by atoms with Crippen molar-refractivity contribution in [2.24, 2.45) is 4.99 Å². The zero-order valence-corrected chi connectivity index (χ0v) is 28.8. The number of aliphatic imine (C=N–C) groups is 1. The summed E-state index contributed by atoms with van der Waals surface area (Å²) in [5, 5.41) is 47.3. The minimum absolute atomic E-state index is 0.153. The monoisotopic (exact) mass is 684 g/mol. The second-order valence-corrected chi connectivity index (χ2v) is 11.4. The Bertz CT molecular complexity index is 2110. The Kier molecular flexibility index (Phi) is 13.8. The molecule has 1 saturated heterocycles. The van der Waals surface area contributed by atoms with Crippen molar-refractivity contribution in [2.45, 2.75) is 19.8 Å². The standard InChI is InChI=1S/C42H36N8O2/c1-3-52-42(51)50-24-22-49(23-25-50)41-33(16-10-18-35(26-43)39(37(28-45)29-46)31-12-6-4-7-13-31)20-21-34(41)17-11-19-36(27-44)40(38(30-47)48-2)32-14-8-5-9-15-32/h4-19,47H,2-3,20-25H2,1H3/b16-10+,19-11+,34-17+,35-18+,40-36-. The first-order valence-corrected chi connectivity index (χ1v) is 16.6. The average Bonchev–Trinajstić information content (AvgIpc) is 3.59. The molecule has 0 unspecified atom stereocenters. The third-order valence-corrected chi connectivity index (χ3v) is 8.41. The van der Waals surface area contributed by atoms with E-state index >= 15 is 0 Å². The number of ether oxygens (including phenoxy) is 1. The van der Waals surface area contributed by atoms with Crippen LogP contribution in [0.5, 0.6) is 0 Å². The van der Waals surface area contributed by atoms with E-state index in [9.17, 15) is 25.8 Å². The van der Waals surface area contributed by atoms with Crippen LogP contribution in [0.2, 0.25) is 0 Å². The van der Waals surface area contributed by atoms with E-state index in [1.165, 1.54) is 0 Å². The second kappa shape index (κ2) is 19.1. The van der Waals surface area contributed by atoms with Gasteiger partial charge in [-0.3, -0.25) is 10.4 Å². The first kappa shape index (κ1) is 37.6. The molecule has 2 aromatic carbocycles. The molecule has 2 aliphatic rings. The number of carbonyl (C=O) groups excluding carboxylic acids is 1. The molecule has 1 fully saturated rings. The normalized spacial score (nSPS) is 15.6. The molecule has 52 heavy (non-hydrogen) atoms. The van der Waals surface area contributed by atoms with Gasteiger partial charge in [0.1, 0.15) is 23.4 Å². The lowest BCUT2D eigenvalue weighted by molar-refractivity contribution is 0.0873. The van der Waals surface area contributed by atoms with Crippen molar-refractivity contribution in [2.75, 3.05) is 32.8 Å². The first-order valence-electron chi connectivity index (χ1n) is 16.6. The zero-order valence-electron chi connectivity index (χ0n) is 28.8. The van der Waals surface area contributed by atoms with Crippen LogP contribution in [0.1, 0.15) is 30.9 Å². The highest BCUT2D eigenvalue weighted by molar-refractivity contribution is 5.92. The number of piperazine rings is 1. The highest BCUT2D eigenvalue weighted by Crippen LogP contribution is 2.36. The lowest BCUT2D eigenvalue weighted by Crippen LogP contribution is -2.48. The number of nitrogens with one attached hydrogen (secondary N) is 1. The van der Waals surface area contributed by atoms with Gasteiger partial charge >= 0.3 is 6.09 Å². The van der Waals surface area contributed by atoms with Gasteiger partial charge in [-0.25, -0.2) is 4.79 Å². The molecule has 1 N–H and O–H groups in total. The van der Waals surface area contributed by atoms with Crippen molar-refractivity contribution in [1.29, 1.82) is 26.5 Å². The van der Waals surface area contributed by atoms with Crippen LogP contribution in [-0.2, 0) is 4.74 Å².